The number of hydrogen-bond acceptors (Lipinski definition) is 6. The van der Waals surface area contributed by atoms with Gasteiger partial charge in [0.1, 0.15) is 4.92 Å². The highest BCUT2D eigenvalue weighted by molar-refractivity contribution is 5.56. The molecule has 0 fully saturated rings. The van der Waals surface area contributed by atoms with E-state index in [0.29, 0.717) is 23.6 Å². The fraction of sp³-hybridized carbons (Fsp3) is 0.250. The lowest BCUT2D eigenvalue weighted by molar-refractivity contribution is -0.401. The Morgan fingerprint density at radius 3 is 2.94 bits per heavy atom. The van der Waals surface area contributed by atoms with Gasteiger partial charge >= 0.3 is 5.88 Å². The normalized spacial score (nSPS) is 10.6. The summed E-state index contributed by atoms with van der Waals surface area (Å²) >= 11 is 0. The maximum Gasteiger partial charge on any atom is 0.433 e. The molecule has 0 spiro atoms. The molecule has 2 heterocycles. The molecule has 16 heavy (non-hydrogen) atoms. The van der Waals surface area contributed by atoms with Crippen LogP contribution >= 0.6 is 0 Å². The lowest BCUT2D eigenvalue weighted by Crippen LogP contribution is -2.13. The molecule has 0 atom stereocenters. The first-order valence-corrected chi connectivity index (χ1v) is 4.57. The summed E-state index contributed by atoms with van der Waals surface area (Å²) in [7, 11) is 0. The Hall–Kier alpha value is -2.38. The Morgan fingerprint density at radius 2 is 2.38 bits per heavy atom. The highest BCUT2D eigenvalue weighted by atomic mass is 16.6. The number of rotatable bonds is 3. The molecule has 8 nitrogen and oxygen atoms in total. The summed E-state index contributed by atoms with van der Waals surface area (Å²) in [5.41, 5.74) is 1.09. The van der Waals surface area contributed by atoms with Crippen LogP contribution in [-0.2, 0) is 6.42 Å². The first-order valence-electron chi connectivity index (χ1n) is 4.57. The maximum atomic E-state index is 10.5. The quantitative estimate of drug-likeness (QED) is 0.466. The second-order valence-corrected chi connectivity index (χ2v) is 3.08. The fourth-order valence-corrected chi connectivity index (χ4v) is 1.39. The van der Waals surface area contributed by atoms with Crippen LogP contribution in [0.2, 0.25) is 0 Å². The molecule has 0 aliphatic heterocycles. The summed E-state index contributed by atoms with van der Waals surface area (Å²) in [6.07, 6.45) is 0.604. The van der Waals surface area contributed by atoms with Crippen molar-refractivity contribution in [2.45, 2.75) is 13.3 Å². The molecule has 0 amide bonds. The molecule has 0 aromatic carbocycles. The molecule has 2 aromatic rings. The van der Waals surface area contributed by atoms with Gasteiger partial charge < -0.3 is 10.3 Å². The van der Waals surface area contributed by atoms with E-state index in [1.54, 1.807) is 0 Å². The highest BCUT2D eigenvalue weighted by Crippen LogP contribution is 2.26. The van der Waals surface area contributed by atoms with E-state index in [2.05, 4.69) is 10.3 Å². The zero-order valence-electron chi connectivity index (χ0n) is 8.45. The number of nitrogens with two attached hydrogens (primary N) is 1. The van der Waals surface area contributed by atoms with Gasteiger partial charge in [-0.2, -0.15) is 4.79 Å². The summed E-state index contributed by atoms with van der Waals surface area (Å²) in [5.74, 6) is 5.49. The Labute approximate surface area is 89.8 Å². The van der Waals surface area contributed by atoms with E-state index >= 15 is 0 Å². The minimum absolute atomic E-state index is 0.292. The minimum atomic E-state index is -0.609. The topological polar surface area (TPSA) is 113 Å². The van der Waals surface area contributed by atoms with Crippen molar-refractivity contribution in [3.8, 4) is 11.5 Å². The van der Waals surface area contributed by atoms with Crippen LogP contribution in [0.15, 0.2) is 16.5 Å². The van der Waals surface area contributed by atoms with E-state index in [-0.39, 0.29) is 5.88 Å². The molecule has 2 aromatic heterocycles. The molecule has 0 unspecified atom stereocenters. The summed E-state index contributed by atoms with van der Waals surface area (Å²) in [6.45, 7) is 1.88. The molecule has 8 heteroatoms. The van der Waals surface area contributed by atoms with E-state index in [4.69, 9.17) is 10.3 Å². The van der Waals surface area contributed by atoms with E-state index in [1.165, 1.54) is 12.1 Å². The first-order chi connectivity index (χ1) is 7.63. The number of hydrogen-bond donors (Lipinski definition) is 1. The third-order valence-electron chi connectivity index (χ3n) is 2.13. The van der Waals surface area contributed by atoms with Crippen molar-refractivity contribution in [2.24, 2.45) is 0 Å². The predicted molar refractivity (Wildman–Crippen MR) is 53.9 cm³/mol. The van der Waals surface area contributed by atoms with Gasteiger partial charge in [-0.1, -0.05) is 6.92 Å². The molecule has 0 saturated carbocycles. The summed E-state index contributed by atoms with van der Waals surface area (Å²) in [5, 5.41) is 17.9. The molecule has 0 aliphatic carbocycles. The lowest BCUT2D eigenvalue weighted by atomic mass is 10.2. The predicted octanol–water partition coefficient (Wildman–Crippen LogP) is 0.722. The minimum Gasteiger partial charge on any atom is -0.399 e. The number of nitrogen functional groups attached to an aromatic ring is 1. The van der Waals surface area contributed by atoms with Crippen LogP contribution in [-0.4, -0.2) is 20.0 Å². The lowest BCUT2D eigenvalue weighted by Gasteiger charge is -1.96. The summed E-state index contributed by atoms with van der Waals surface area (Å²) in [6, 6.07) is 2.74. The van der Waals surface area contributed by atoms with Crippen LogP contribution in [0, 0.1) is 10.1 Å². The van der Waals surface area contributed by atoms with Crippen molar-refractivity contribution in [3.63, 3.8) is 0 Å². The SMILES string of the molecule is CCc1c(-c2ccc([N+](=O)[O-])o2)nnn1N. The number of nitro groups is 1. The van der Waals surface area contributed by atoms with Gasteiger partial charge in [-0.25, -0.2) is 0 Å². The summed E-state index contributed by atoms with van der Waals surface area (Å²) in [4.78, 5) is 11.0. The van der Waals surface area contributed by atoms with Crippen LogP contribution in [0.4, 0.5) is 5.88 Å². The second-order valence-electron chi connectivity index (χ2n) is 3.08. The van der Waals surface area contributed by atoms with Gasteiger partial charge in [-0.05, 0) is 17.7 Å². The van der Waals surface area contributed by atoms with Crippen molar-refractivity contribution in [2.75, 3.05) is 5.84 Å². The molecule has 0 aliphatic rings. The molecule has 2 rings (SSSR count). The third kappa shape index (κ3) is 1.49. The third-order valence-corrected chi connectivity index (χ3v) is 2.13. The number of aromatic nitrogens is 3. The first kappa shape index (κ1) is 10.1. The number of nitrogens with zero attached hydrogens (tertiary/aromatic N) is 4. The largest absolute Gasteiger partial charge is 0.433 e. The van der Waals surface area contributed by atoms with Crippen molar-refractivity contribution in [3.05, 3.63) is 27.9 Å². The standard InChI is InChI=1S/C8H9N5O3/c1-2-5-8(10-11-12(5)9)6-3-4-7(16-6)13(14)15/h3-4H,2,9H2,1H3. The Balaban J connectivity index is 2.46. The molecule has 0 saturated heterocycles. The fourth-order valence-electron chi connectivity index (χ4n) is 1.39. The van der Waals surface area contributed by atoms with Crippen molar-refractivity contribution < 1.29 is 9.34 Å². The monoisotopic (exact) mass is 223 g/mol. The zero-order valence-corrected chi connectivity index (χ0v) is 8.45. The van der Waals surface area contributed by atoms with Crippen LogP contribution in [0.3, 0.4) is 0 Å². The highest BCUT2D eigenvalue weighted by Gasteiger charge is 2.19. The molecule has 2 N–H and O–H groups in total. The molecule has 0 radical (unpaired) electrons. The number of furan rings is 1. The van der Waals surface area contributed by atoms with Gasteiger partial charge in [0.25, 0.3) is 0 Å². The Kier molecular flexibility index (Phi) is 2.31. The van der Waals surface area contributed by atoms with Crippen molar-refractivity contribution in [1.82, 2.24) is 15.1 Å². The van der Waals surface area contributed by atoms with E-state index in [0.717, 1.165) is 4.79 Å². The molecular formula is C8H9N5O3. The Morgan fingerprint density at radius 1 is 1.62 bits per heavy atom. The van der Waals surface area contributed by atoms with Gasteiger partial charge in [0, 0.05) is 0 Å². The van der Waals surface area contributed by atoms with Crippen LogP contribution in [0.1, 0.15) is 12.6 Å². The van der Waals surface area contributed by atoms with Gasteiger partial charge in [-0.3, -0.25) is 10.1 Å². The summed E-state index contributed by atoms with van der Waals surface area (Å²) < 4.78 is 5.02. The van der Waals surface area contributed by atoms with Gasteiger partial charge in [-0.15, -0.1) is 5.10 Å². The molecule has 84 valence electrons. The van der Waals surface area contributed by atoms with Crippen molar-refractivity contribution >= 4 is 5.88 Å². The van der Waals surface area contributed by atoms with Gasteiger partial charge in [0.05, 0.1) is 11.8 Å². The molecular weight excluding hydrogens is 214 g/mol. The van der Waals surface area contributed by atoms with E-state index in [1.807, 2.05) is 6.92 Å². The average Bonchev–Trinajstić information content (AvgIpc) is 2.83. The second kappa shape index (κ2) is 3.65. The van der Waals surface area contributed by atoms with Crippen LogP contribution in [0.25, 0.3) is 11.5 Å². The molecule has 0 bridgehead atoms. The average molecular weight is 223 g/mol. The van der Waals surface area contributed by atoms with Gasteiger partial charge in [0.2, 0.25) is 0 Å². The van der Waals surface area contributed by atoms with Crippen LogP contribution in [0.5, 0.6) is 0 Å². The Bertz CT molecular complexity index is 530. The smallest absolute Gasteiger partial charge is 0.399 e. The van der Waals surface area contributed by atoms with Gasteiger partial charge in [0.15, 0.2) is 11.5 Å². The zero-order chi connectivity index (χ0) is 11.7. The maximum absolute atomic E-state index is 10.5. The van der Waals surface area contributed by atoms with E-state index < -0.39 is 4.92 Å². The van der Waals surface area contributed by atoms with Crippen LogP contribution < -0.4 is 5.84 Å². The van der Waals surface area contributed by atoms with E-state index in [9.17, 15) is 10.1 Å². The van der Waals surface area contributed by atoms with Crippen molar-refractivity contribution in [1.29, 1.82) is 0 Å².